The molecule has 122 valence electrons. The van der Waals surface area contributed by atoms with Crippen molar-refractivity contribution in [2.45, 2.75) is 48.7 Å². The molecule has 2 unspecified atom stereocenters. The molecule has 9 nitrogen and oxygen atoms in total. The average Bonchev–Trinajstić information content (AvgIpc) is 2.39. The first-order chi connectivity index (χ1) is 9.62. The van der Waals surface area contributed by atoms with E-state index in [4.69, 9.17) is 14.9 Å². The smallest absolute Gasteiger partial charge is 0.346 e. The second kappa shape index (κ2) is 6.90. The summed E-state index contributed by atoms with van der Waals surface area (Å²) in [6.07, 6.45) is -6.64. The van der Waals surface area contributed by atoms with Crippen molar-refractivity contribution in [2.75, 3.05) is 6.61 Å². The highest BCUT2D eigenvalue weighted by molar-refractivity contribution is 7.82. The summed E-state index contributed by atoms with van der Waals surface area (Å²) in [6, 6.07) is -1.15. The van der Waals surface area contributed by atoms with E-state index in [9.17, 15) is 24.9 Å². The quantitative estimate of drug-likeness (QED) is 0.265. The predicted molar refractivity (Wildman–Crippen MR) is 71.6 cm³/mol. The summed E-state index contributed by atoms with van der Waals surface area (Å²) in [5.41, 5.74) is 0. The molecular weight excluding hydrogens is 306 g/mol. The third-order valence-electron chi connectivity index (χ3n) is 3.21. The van der Waals surface area contributed by atoms with Gasteiger partial charge in [0, 0.05) is 13.3 Å². The van der Waals surface area contributed by atoms with Gasteiger partial charge in [0.25, 0.3) is 0 Å². The summed E-state index contributed by atoms with van der Waals surface area (Å²) >= 11 is 3.84. The molecule has 1 heterocycles. The molecule has 1 saturated heterocycles. The first-order valence-corrected chi connectivity index (χ1v) is 6.63. The van der Waals surface area contributed by atoms with Crippen LogP contribution in [0.4, 0.5) is 0 Å². The Hall–Kier alpha value is -0.910. The molecule has 1 fully saturated rings. The lowest BCUT2D eigenvalue weighted by Gasteiger charge is -2.45. The number of rotatable bonds is 5. The van der Waals surface area contributed by atoms with Gasteiger partial charge in [-0.1, -0.05) is 0 Å². The standard InChI is InChI=1S/C11H19NO8S/c1-4(14)12-7-5(15)2-11(21,10(18)19)20-9(7)8(17)6(16)3-13/h5-9,13,15-17,21H,2-3H2,1H3,(H,12,14)(H,18,19)/t5?,6-,7-,8-,9?,11+/m1/s1. The highest BCUT2D eigenvalue weighted by Gasteiger charge is 2.52. The third-order valence-corrected chi connectivity index (χ3v) is 3.69. The number of aliphatic carboxylic acids is 1. The number of hydrogen-bond acceptors (Lipinski definition) is 8. The molecule has 1 aliphatic rings. The molecule has 0 aromatic heterocycles. The second-order valence-corrected chi connectivity index (χ2v) is 5.63. The van der Waals surface area contributed by atoms with E-state index < -0.39 is 60.3 Å². The molecule has 0 saturated carbocycles. The molecule has 0 spiro atoms. The molecule has 10 heteroatoms. The number of aliphatic hydroxyl groups excluding tert-OH is 4. The summed E-state index contributed by atoms with van der Waals surface area (Å²) in [5.74, 6) is -2.03. The maximum Gasteiger partial charge on any atom is 0.346 e. The molecule has 0 aromatic rings. The van der Waals surface area contributed by atoms with E-state index in [2.05, 4.69) is 17.9 Å². The summed E-state index contributed by atoms with van der Waals surface area (Å²) in [4.78, 5) is 20.2. The molecule has 0 aliphatic carbocycles. The van der Waals surface area contributed by atoms with Gasteiger partial charge in [0.2, 0.25) is 10.8 Å². The van der Waals surface area contributed by atoms with Gasteiger partial charge in [-0.05, 0) is 0 Å². The van der Waals surface area contributed by atoms with Crippen molar-refractivity contribution in [3.05, 3.63) is 0 Å². The number of carbonyl (C=O) groups is 2. The maximum atomic E-state index is 11.2. The van der Waals surface area contributed by atoms with Gasteiger partial charge in [-0.25, -0.2) is 4.79 Å². The molecule has 0 radical (unpaired) electrons. The topological polar surface area (TPSA) is 157 Å². The Kier molecular flexibility index (Phi) is 5.96. The predicted octanol–water partition coefficient (Wildman–Crippen LogP) is -2.93. The van der Waals surface area contributed by atoms with Crippen molar-refractivity contribution in [1.29, 1.82) is 0 Å². The van der Waals surface area contributed by atoms with E-state index in [1.54, 1.807) is 0 Å². The minimum atomic E-state index is -2.09. The van der Waals surface area contributed by atoms with Crippen LogP contribution in [0.2, 0.25) is 0 Å². The number of aliphatic hydroxyl groups is 4. The normalized spacial score (nSPS) is 35.8. The van der Waals surface area contributed by atoms with Gasteiger partial charge in [-0.3, -0.25) is 4.79 Å². The van der Waals surface area contributed by atoms with Crippen LogP contribution >= 0.6 is 12.6 Å². The van der Waals surface area contributed by atoms with Crippen molar-refractivity contribution in [2.24, 2.45) is 0 Å². The fourth-order valence-electron chi connectivity index (χ4n) is 2.14. The van der Waals surface area contributed by atoms with Crippen LogP contribution in [0.5, 0.6) is 0 Å². The molecule has 0 aromatic carbocycles. The Bertz CT molecular complexity index is 408. The van der Waals surface area contributed by atoms with Crippen molar-refractivity contribution in [3.63, 3.8) is 0 Å². The summed E-state index contributed by atoms with van der Waals surface area (Å²) in [7, 11) is 0. The zero-order valence-corrected chi connectivity index (χ0v) is 12.1. The van der Waals surface area contributed by atoms with E-state index in [0.29, 0.717) is 0 Å². The Morgan fingerprint density at radius 1 is 1.48 bits per heavy atom. The lowest BCUT2D eigenvalue weighted by atomic mass is 9.90. The lowest BCUT2D eigenvalue weighted by molar-refractivity contribution is -0.204. The number of carboxylic acids is 1. The van der Waals surface area contributed by atoms with Crippen molar-refractivity contribution < 1.29 is 39.9 Å². The minimum absolute atomic E-state index is 0.436. The molecular formula is C11H19NO8S. The van der Waals surface area contributed by atoms with E-state index >= 15 is 0 Å². The number of carboxylic acid groups (broad SMARTS) is 1. The number of hydrogen-bond donors (Lipinski definition) is 7. The Balaban J connectivity index is 3.07. The van der Waals surface area contributed by atoms with Gasteiger partial charge >= 0.3 is 5.97 Å². The van der Waals surface area contributed by atoms with Crippen molar-refractivity contribution in [1.82, 2.24) is 5.32 Å². The van der Waals surface area contributed by atoms with Crippen LogP contribution in [0.15, 0.2) is 0 Å². The van der Waals surface area contributed by atoms with E-state index in [1.807, 2.05) is 0 Å². The fourth-order valence-corrected chi connectivity index (χ4v) is 2.44. The SMILES string of the molecule is CC(=O)N[C@@H]1C(O)C[C@](S)(C(=O)O)OC1[C@H](O)[C@H](O)CO. The van der Waals surface area contributed by atoms with Gasteiger partial charge in [0.05, 0.1) is 18.8 Å². The van der Waals surface area contributed by atoms with Crippen LogP contribution in [-0.2, 0) is 14.3 Å². The molecule has 1 rings (SSSR count). The summed E-state index contributed by atoms with van der Waals surface area (Å²) < 4.78 is 5.17. The average molecular weight is 325 g/mol. The van der Waals surface area contributed by atoms with Gasteiger partial charge in [0.15, 0.2) is 0 Å². The summed E-state index contributed by atoms with van der Waals surface area (Å²) in [5, 5.41) is 49.7. The van der Waals surface area contributed by atoms with Gasteiger partial charge in [0.1, 0.15) is 18.3 Å². The van der Waals surface area contributed by atoms with Crippen LogP contribution in [0.1, 0.15) is 13.3 Å². The number of thiol groups is 1. The maximum absolute atomic E-state index is 11.2. The van der Waals surface area contributed by atoms with Crippen molar-refractivity contribution in [3.8, 4) is 0 Å². The summed E-state index contributed by atoms with van der Waals surface area (Å²) in [6.45, 7) is 0.356. The second-order valence-electron chi connectivity index (χ2n) is 4.91. The highest BCUT2D eigenvalue weighted by atomic mass is 32.1. The van der Waals surface area contributed by atoms with E-state index in [1.165, 1.54) is 6.92 Å². The largest absolute Gasteiger partial charge is 0.478 e. The Morgan fingerprint density at radius 2 is 2.05 bits per heavy atom. The molecule has 21 heavy (non-hydrogen) atoms. The Labute approximate surface area is 125 Å². The van der Waals surface area contributed by atoms with Crippen LogP contribution in [0.25, 0.3) is 0 Å². The molecule has 1 aliphatic heterocycles. The van der Waals surface area contributed by atoms with Crippen LogP contribution in [0, 0.1) is 0 Å². The monoisotopic (exact) mass is 325 g/mol. The number of amides is 1. The number of carbonyl (C=O) groups excluding carboxylic acids is 1. The molecule has 6 N–H and O–H groups in total. The lowest BCUT2D eigenvalue weighted by Crippen LogP contribution is -2.65. The first kappa shape index (κ1) is 18.1. The molecule has 1 amide bonds. The van der Waals surface area contributed by atoms with Crippen LogP contribution in [-0.4, -0.2) is 79.4 Å². The van der Waals surface area contributed by atoms with Gasteiger partial charge in [-0.15, -0.1) is 12.6 Å². The van der Waals surface area contributed by atoms with Crippen LogP contribution in [0.3, 0.4) is 0 Å². The fraction of sp³-hybridized carbons (Fsp3) is 0.818. The van der Waals surface area contributed by atoms with E-state index in [0.717, 1.165) is 0 Å². The molecule has 6 atom stereocenters. The van der Waals surface area contributed by atoms with Crippen molar-refractivity contribution >= 4 is 24.5 Å². The van der Waals surface area contributed by atoms with E-state index in [-0.39, 0.29) is 0 Å². The number of nitrogens with one attached hydrogen (secondary N) is 1. The van der Waals surface area contributed by atoms with Gasteiger partial charge in [-0.2, -0.15) is 0 Å². The first-order valence-electron chi connectivity index (χ1n) is 6.18. The highest BCUT2D eigenvalue weighted by Crippen LogP contribution is 2.34. The number of ether oxygens (including phenoxy) is 1. The Morgan fingerprint density at radius 3 is 2.48 bits per heavy atom. The zero-order valence-electron chi connectivity index (χ0n) is 11.2. The third kappa shape index (κ3) is 4.05. The minimum Gasteiger partial charge on any atom is -0.478 e. The van der Waals surface area contributed by atoms with Crippen LogP contribution < -0.4 is 5.32 Å². The van der Waals surface area contributed by atoms with Gasteiger partial charge < -0.3 is 35.6 Å². The molecule has 0 bridgehead atoms. The zero-order chi connectivity index (χ0) is 16.4.